The Balaban J connectivity index is 2.28. The Hall–Kier alpha value is -0.610. The molecule has 0 spiro atoms. The highest BCUT2D eigenvalue weighted by Crippen LogP contribution is 2.36. The summed E-state index contributed by atoms with van der Waals surface area (Å²) in [5, 5.41) is 0. The van der Waals surface area contributed by atoms with Crippen molar-refractivity contribution in [2.75, 3.05) is 13.6 Å². The van der Waals surface area contributed by atoms with E-state index in [1.807, 2.05) is 0 Å². The van der Waals surface area contributed by atoms with Crippen molar-refractivity contribution < 1.29 is 4.79 Å². The molecule has 0 unspecified atom stereocenters. The summed E-state index contributed by atoms with van der Waals surface area (Å²) >= 11 is 0. The molecule has 0 aromatic heterocycles. The number of nitrogens with zero attached hydrogens (tertiary/aromatic N) is 1. The molecule has 1 amide bonds. The Morgan fingerprint density at radius 2 is 2.00 bits per heavy atom. The highest BCUT2D eigenvalue weighted by Gasteiger charge is 2.28. The number of hydrogen-bond acceptors (Lipinski definition) is 3. The van der Waals surface area contributed by atoms with Gasteiger partial charge in [-0.3, -0.25) is 10.2 Å². The van der Waals surface area contributed by atoms with Gasteiger partial charge in [-0.1, -0.05) is 13.8 Å². The van der Waals surface area contributed by atoms with Gasteiger partial charge in [0.25, 0.3) is 0 Å². The molecule has 1 saturated carbocycles. The summed E-state index contributed by atoms with van der Waals surface area (Å²) in [7, 11) is 2.10. The first kappa shape index (κ1) is 13.5. The number of amides is 1. The van der Waals surface area contributed by atoms with Gasteiger partial charge in [-0.05, 0) is 38.1 Å². The largest absolute Gasteiger partial charge is 0.303 e. The minimum Gasteiger partial charge on any atom is -0.303 e. The summed E-state index contributed by atoms with van der Waals surface area (Å²) in [6.07, 6.45) is 5.55. The van der Waals surface area contributed by atoms with Gasteiger partial charge in [0, 0.05) is 19.0 Å². The lowest BCUT2D eigenvalue weighted by atomic mass is 9.75. The first-order chi connectivity index (χ1) is 7.44. The number of rotatable bonds is 4. The molecule has 1 aliphatic carbocycles. The van der Waals surface area contributed by atoms with Gasteiger partial charge in [0.05, 0.1) is 0 Å². The number of carbonyl (C=O) groups is 1. The average Bonchev–Trinajstić information content (AvgIpc) is 2.25. The van der Waals surface area contributed by atoms with Crippen molar-refractivity contribution in [3.8, 4) is 0 Å². The van der Waals surface area contributed by atoms with Crippen LogP contribution in [-0.2, 0) is 4.79 Å². The second-order valence-electron chi connectivity index (χ2n) is 5.69. The van der Waals surface area contributed by atoms with E-state index in [0.717, 1.165) is 6.54 Å². The van der Waals surface area contributed by atoms with E-state index in [9.17, 15) is 4.79 Å². The second kappa shape index (κ2) is 5.64. The number of nitrogens with one attached hydrogen (secondary N) is 1. The molecule has 0 saturated heterocycles. The van der Waals surface area contributed by atoms with Gasteiger partial charge in [0.1, 0.15) is 0 Å². The van der Waals surface area contributed by atoms with E-state index in [1.165, 1.54) is 25.7 Å². The van der Waals surface area contributed by atoms with E-state index < -0.39 is 0 Å². The third-order valence-corrected chi connectivity index (χ3v) is 3.78. The summed E-state index contributed by atoms with van der Waals surface area (Å²) in [6.45, 7) is 5.48. The Kier molecular flexibility index (Phi) is 4.74. The molecule has 0 aromatic rings. The van der Waals surface area contributed by atoms with Crippen LogP contribution in [-0.4, -0.2) is 30.4 Å². The van der Waals surface area contributed by atoms with Crippen LogP contribution < -0.4 is 11.3 Å². The molecule has 0 aliphatic heterocycles. The van der Waals surface area contributed by atoms with Crippen molar-refractivity contribution in [3.63, 3.8) is 0 Å². The number of nitrogens with two attached hydrogens (primary N) is 1. The molecule has 1 fully saturated rings. The topological polar surface area (TPSA) is 58.4 Å². The molecule has 1 aliphatic rings. The fourth-order valence-electron chi connectivity index (χ4n) is 2.36. The zero-order valence-corrected chi connectivity index (χ0v) is 10.8. The van der Waals surface area contributed by atoms with Crippen molar-refractivity contribution in [2.45, 2.75) is 52.0 Å². The van der Waals surface area contributed by atoms with E-state index in [4.69, 9.17) is 5.84 Å². The predicted molar refractivity (Wildman–Crippen MR) is 65.6 cm³/mol. The highest BCUT2D eigenvalue weighted by atomic mass is 16.2. The van der Waals surface area contributed by atoms with Crippen LogP contribution in [0.3, 0.4) is 0 Å². The fraction of sp³-hybridized carbons (Fsp3) is 0.917. The summed E-state index contributed by atoms with van der Waals surface area (Å²) in [5.41, 5.74) is 2.68. The van der Waals surface area contributed by atoms with Crippen LogP contribution >= 0.6 is 0 Å². The standard InChI is InChI=1S/C12H25N3O/c1-12(2)7-4-10(5-8-12)15(3)9-6-11(16)14-13/h10H,4-9,13H2,1-3H3,(H,14,16). The first-order valence-corrected chi connectivity index (χ1v) is 6.14. The SMILES string of the molecule is CN(CCC(=O)NN)C1CCC(C)(C)CC1. The van der Waals surface area contributed by atoms with E-state index >= 15 is 0 Å². The van der Waals surface area contributed by atoms with Gasteiger partial charge >= 0.3 is 0 Å². The molecule has 94 valence electrons. The minimum absolute atomic E-state index is 0.0806. The zero-order chi connectivity index (χ0) is 12.2. The summed E-state index contributed by atoms with van der Waals surface area (Å²) in [5.74, 6) is 4.97. The van der Waals surface area contributed by atoms with Crippen LogP contribution in [0.25, 0.3) is 0 Å². The van der Waals surface area contributed by atoms with Crippen molar-refractivity contribution in [1.82, 2.24) is 10.3 Å². The lowest BCUT2D eigenvalue weighted by molar-refractivity contribution is -0.121. The summed E-state index contributed by atoms with van der Waals surface area (Å²) < 4.78 is 0. The molecule has 3 N–H and O–H groups in total. The third-order valence-electron chi connectivity index (χ3n) is 3.78. The van der Waals surface area contributed by atoms with Crippen LogP contribution in [0, 0.1) is 5.41 Å². The van der Waals surface area contributed by atoms with Crippen LogP contribution in [0.1, 0.15) is 46.0 Å². The Bertz CT molecular complexity index is 230. The molecular formula is C12H25N3O. The van der Waals surface area contributed by atoms with Crippen molar-refractivity contribution in [1.29, 1.82) is 0 Å². The van der Waals surface area contributed by atoms with Gasteiger partial charge in [-0.15, -0.1) is 0 Å². The molecular weight excluding hydrogens is 202 g/mol. The van der Waals surface area contributed by atoms with E-state index in [-0.39, 0.29) is 5.91 Å². The maximum atomic E-state index is 11.0. The molecule has 16 heavy (non-hydrogen) atoms. The van der Waals surface area contributed by atoms with Gasteiger partial charge in [-0.2, -0.15) is 0 Å². The Labute approximate surface area is 98.5 Å². The molecule has 0 aromatic carbocycles. The maximum Gasteiger partial charge on any atom is 0.235 e. The molecule has 0 atom stereocenters. The predicted octanol–water partition coefficient (Wildman–Crippen LogP) is 1.27. The smallest absolute Gasteiger partial charge is 0.235 e. The lowest BCUT2D eigenvalue weighted by Crippen LogP contribution is -2.40. The van der Waals surface area contributed by atoms with Crippen molar-refractivity contribution in [3.05, 3.63) is 0 Å². The molecule has 4 nitrogen and oxygen atoms in total. The summed E-state index contributed by atoms with van der Waals surface area (Å²) in [6, 6.07) is 0.638. The third kappa shape index (κ3) is 4.10. The van der Waals surface area contributed by atoms with Crippen molar-refractivity contribution in [2.24, 2.45) is 11.3 Å². The maximum absolute atomic E-state index is 11.0. The molecule has 0 heterocycles. The van der Waals surface area contributed by atoms with E-state index in [0.29, 0.717) is 17.9 Å². The Morgan fingerprint density at radius 3 is 2.50 bits per heavy atom. The van der Waals surface area contributed by atoms with Gasteiger partial charge in [0.2, 0.25) is 5.91 Å². The summed E-state index contributed by atoms with van der Waals surface area (Å²) in [4.78, 5) is 13.3. The highest BCUT2D eigenvalue weighted by molar-refractivity contribution is 5.75. The second-order valence-corrected chi connectivity index (χ2v) is 5.69. The number of hydrazine groups is 1. The zero-order valence-electron chi connectivity index (χ0n) is 10.8. The lowest BCUT2D eigenvalue weighted by Gasteiger charge is -2.38. The molecule has 0 radical (unpaired) electrons. The quantitative estimate of drug-likeness (QED) is 0.432. The first-order valence-electron chi connectivity index (χ1n) is 6.14. The van der Waals surface area contributed by atoms with Crippen LogP contribution in [0.15, 0.2) is 0 Å². The molecule has 0 bridgehead atoms. The Morgan fingerprint density at radius 1 is 1.44 bits per heavy atom. The van der Waals surface area contributed by atoms with E-state index in [2.05, 4.69) is 31.2 Å². The van der Waals surface area contributed by atoms with Crippen LogP contribution in [0.4, 0.5) is 0 Å². The fourth-order valence-corrected chi connectivity index (χ4v) is 2.36. The van der Waals surface area contributed by atoms with Crippen LogP contribution in [0.5, 0.6) is 0 Å². The normalized spacial score (nSPS) is 21.1. The molecule has 1 rings (SSSR count). The van der Waals surface area contributed by atoms with Gasteiger partial charge in [-0.25, -0.2) is 5.84 Å². The number of hydrogen-bond donors (Lipinski definition) is 2. The van der Waals surface area contributed by atoms with E-state index in [1.54, 1.807) is 0 Å². The van der Waals surface area contributed by atoms with Gasteiger partial charge < -0.3 is 4.90 Å². The average molecular weight is 227 g/mol. The number of carbonyl (C=O) groups excluding carboxylic acids is 1. The molecule has 4 heteroatoms. The van der Waals surface area contributed by atoms with Crippen LogP contribution in [0.2, 0.25) is 0 Å². The van der Waals surface area contributed by atoms with Crippen molar-refractivity contribution >= 4 is 5.91 Å². The monoisotopic (exact) mass is 227 g/mol. The minimum atomic E-state index is -0.0806. The van der Waals surface area contributed by atoms with Gasteiger partial charge in [0.15, 0.2) is 0 Å².